The van der Waals surface area contributed by atoms with Crippen LogP contribution in [0.3, 0.4) is 0 Å². The molecule has 1 aliphatic rings. The summed E-state index contributed by atoms with van der Waals surface area (Å²) < 4.78 is 10.3. The standard InChI is InChI=1S/C17H18N2O4/c1-22-13-5-3-4-11(6-13)9-19-10-12-7-16(23-2)15(20)8-14(12)18-17(19)21/h3-8,20H,9-10H2,1-2H3,(H,18,21). The molecule has 1 heterocycles. The molecule has 120 valence electrons. The molecule has 2 N–H and O–H groups in total. The molecular weight excluding hydrogens is 296 g/mol. The fraction of sp³-hybridized carbons (Fsp3) is 0.235. The molecule has 0 radical (unpaired) electrons. The number of nitrogens with one attached hydrogen (secondary N) is 1. The molecule has 6 nitrogen and oxygen atoms in total. The first-order valence-electron chi connectivity index (χ1n) is 7.19. The molecule has 0 saturated heterocycles. The Labute approximate surface area is 134 Å². The molecule has 2 amide bonds. The van der Waals surface area contributed by atoms with Gasteiger partial charge in [0.05, 0.1) is 19.9 Å². The lowest BCUT2D eigenvalue weighted by molar-refractivity contribution is 0.203. The monoisotopic (exact) mass is 314 g/mol. The van der Waals surface area contributed by atoms with Crippen LogP contribution in [0.15, 0.2) is 36.4 Å². The average molecular weight is 314 g/mol. The van der Waals surface area contributed by atoms with E-state index in [1.165, 1.54) is 13.2 Å². The summed E-state index contributed by atoms with van der Waals surface area (Å²) in [6.45, 7) is 0.903. The molecule has 0 fully saturated rings. The molecule has 0 spiro atoms. The first kappa shape index (κ1) is 15.0. The lowest BCUT2D eigenvalue weighted by atomic mass is 10.1. The van der Waals surface area contributed by atoms with E-state index in [1.807, 2.05) is 24.3 Å². The van der Waals surface area contributed by atoms with E-state index in [0.717, 1.165) is 16.9 Å². The van der Waals surface area contributed by atoms with Crippen molar-refractivity contribution in [1.82, 2.24) is 4.90 Å². The van der Waals surface area contributed by atoms with Crippen LogP contribution in [-0.4, -0.2) is 30.3 Å². The fourth-order valence-corrected chi connectivity index (χ4v) is 2.61. The minimum absolute atomic E-state index is 0.00722. The molecule has 23 heavy (non-hydrogen) atoms. The van der Waals surface area contributed by atoms with Crippen molar-refractivity contribution in [2.75, 3.05) is 19.5 Å². The molecule has 0 unspecified atom stereocenters. The zero-order valence-electron chi connectivity index (χ0n) is 13.0. The molecular formula is C17H18N2O4. The van der Waals surface area contributed by atoms with Gasteiger partial charge in [-0.3, -0.25) is 0 Å². The Kier molecular flexibility index (Phi) is 3.97. The number of phenolic OH excluding ortho intramolecular Hbond substituents is 1. The second kappa shape index (κ2) is 6.08. The Morgan fingerprint density at radius 3 is 2.78 bits per heavy atom. The summed E-state index contributed by atoms with van der Waals surface area (Å²) in [5.74, 6) is 1.15. The minimum Gasteiger partial charge on any atom is -0.504 e. The van der Waals surface area contributed by atoms with E-state index in [-0.39, 0.29) is 11.8 Å². The van der Waals surface area contributed by atoms with Crippen LogP contribution >= 0.6 is 0 Å². The van der Waals surface area contributed by atoms with Crippen LogP contribution in [0.2, 0.25) is 0 Å². The summed E-state index contributed by atoms with van der Waals surface area (Å²) in [6, 6.07) is 10.7. The second-order valence-electron chi connectivity index (χ2n) is 5.32. The predicted molar refractivity (Wildman–Crippen MR) is 85.9 cm³/mol. The van der Waals surface area contributed by atoms with Crippen LogP contribution in [0.25, 0.3) is 0 Å². The lowest BCUT2D eigenvalue weighted by Gasteiger charge is -2.30. The molecule has 1 aliphatic heterocycles. The third kappa shape index (κ3) is 3.01. The van der Waals surface area contributed by atoms with E-state index >= 15 is 0 Å². The summed E-state index contributed by atoms with van der Waals surface area (Å²) in [5, 5.41) is 12.6. The number of benzene rings is 2. The van der Waals surface area contributed by atoms with Crippen LogP contribution in [0, 0.1) is 0 Å². The number of hydrogen-bond donors (Lipinski definition) is 2. The lowest BCUT2D eigenvalue weighted by Crippen LogP contribution is -2.38. The smallest absolute Gasteiger partial charge is 0.322 e. The highest BCUT2D eigenvalue weighted by Crippen LogP contribution is 2.35. The van der Waals surface area contributed by atoms with Gasteiger partial charge in [0.1, 0.15) is 5.75 Å². The van der Waals surface area contributed by atoms with Gasteiger partial charge in [-0.2, -0.15) is 0 Å². The third-order valence-corrected chi connectivity index (χ3v) is 3.80. The highest BCUT2D eigenvalue weighted by Gasteiger charge is 2.24. The summed E-state index contributed by atoms with van der Waals surface area (Å²) in [5.41, 5.74) is 2.48. The van der Waals surface area contributed by atoms with Crippen molar-refractivity contribution < 1.29 is 19.4 Å². The van der Waals surface area contributed by atoms with Crippen molar-refractivity contribution in [3.05, 3.63) is 47.5 Å². The van der Waals surface area contributed by atoms with Crippen molar-refractivity contribution in [3.8, 4) is 17.2 Å². The maximum absolute atomic E-state index is 12.3. The number of urea groups is 1. The molecule has 3 rings (SSSR count). The summed E-state index contributed by atoms with van der Waals surface area (Å²) in [6.07, 6.45) is 0. The molecule has 0 bridgehead atoms. The quantitative estimate of drug-likeness (QED) is 0.910. The molecule has 0 atom stereocenters. The van der Waals surface area contributed by atoms with E-state index in [0.29, 0.717) is 24.5 Å². The van der Waals surface area contributed by atoms with Crippen LogP contribution in [0.4, 0.5) is 10.5 Å². The zero-order valence-corrected chi connectivity index (χ0v) is 13.0. The second-order valence-corrected chi connectivity index (χ2v) is 5.32. The van der Waals surface area contributed by atoms with E-state index in [9.17, 15) is 9.90 Å². The summed E-state index contributed by atoms with van der Waals surface area (Å²) in [7, 11) is 3.11. The number of anilines is 1. The van der Waals surface area contributed by atoms with Gasteiger partial charge in [0, 0.05) is 19.2 Å². The average Bonchev–Trinajstić information content (AvgIpc) is 2.55. The van der Waals surface area contributed by atoms with Crippen molar-refractivity contribution in [2.45, 2.75) is 13.1 Å². The van der Waals surface area contributed by atoms with E-state index in [1.54, 1.807) is 18.1 Å². The van der Waals surface area contributed by atoms with Crippen LogP contribution in [-0.2, 0) is 13.1 Å². The van der Waals surface area contributed by atoms with E-state index in [2.05, 4.69) is 5.32 Å². The number of rotatable bonds is 4. The zero-order chi connectivity index (χ0) is 16.4. The van der Waals surface area contributed by atoms with E-state index < -0.39 is 0 Å². The predicted octanol–water partition coefficient (Wildman–Crippen LogP) is 2.96. The Morgan fingerprint density at radius 1 is 1.22 bits per heavy atom. The number of methoxy groups -OCH3 is 2. The summed E-state index contributed by atoms with van der Waals surface area (Å²) >= 11 is 0. The summed E-state index contributed by atoms with van der Waals surface area (Å²) in [4.78, 5) is 13.9. The first-order chi connectivity index (χ1) is 11.1. The van der Waals surface area contributed by atoms with Crippen molar-refractivity contribution in [3.63, 3.8) is 0 Å². The van der Waals surface area contributed by atoms with Gasteiger partial charge in [0.25, 0.3) is 0 Å². The number of nitrogens with zero attached hydrogens (tertiary/aromatic N) is 1. The largest absolute Gasteiger partial charge is 0.504 e. The van der Waals surface area contributed by atoms with Gasteiger partial charge in [-0.15, -0.1) is 0 Å². The topological polar surface area (TPSA) is 71.0 Å². The minimum atomic E-state index is -0.204. The van der Waals surface area contributed by atoms with Crippen molar-refractivity contribution >= 4 is 11.7 Å². The molecule has 2 aromatic carbocycles. The molecule has 6 heteroatoms. The van der Waals surface area contributed by atoms with Crippen molar-refractivity contribution in [1.29, 1.82) is 0 Å². The molecule has 0 aromatic heterocycles. The van der Waals surface area contributed by atoms with Gasteiger partial charge in [0.2, 0.25) is 0 Å². The maximum atomic E-state index is 12.3. The Morgan fingerprint density at radius 2 is 2.04 bits per heavy atom. The van der Waals surface area contributed by atoms with Crippen LogP contribution in [0.5, 0.6) is 17.2 Å². The Balaban J connectivity index is 1.84. The van der Waals surface area contributed by atoms with Gasteiger partial charge >= 0.3 is 6.03 Å². The third-order valence-electron chi connectivity index (χ3n) is 3.80. The Hall–Kier alpha value is -2.89. The van der Waals surface area contributed by atoms with Crippen LogP contribution < -0.4 is 14.8 Å². The van der Waals surface area contributed by atoms with E-state index in [4.69, 9.17) is 9.47 Å². The molecule has 0 aliphatic carbocycles. The number of fused-ring (bicyclic) bond motifs is 1. The van der Waals surface area contributed by atoms with Crippen LogP contribution in [0.1, 0.15) is 11.1 Å². The molecule has 0 saturated carbocycles. The van der Waals surface area contributed by atoms with Crippen molar-refractivity contribution in [2.24, 2.45) is 0 Å². The highest BCUT2D eigenvalue weighted by atomic mass is 16.5. The number of ether oxygens (including phenoxy) is 2. The maximum Gasteiger partial charge on any atom is 0.322 e. The van der Waals surface area contributed by atoms with Gasteiger partial charge in [-0.1, -0.05) is 12.1 Å². The van der Waals surface area contributed by atoms with Gasteiger partial charge in [-0.05, 0) is 29.3 Å². The number of carbonyl (C=O) groups is 1. The number of phenols is 1. The number of aromatic hydroxyl groups is 1. The van der Waals surface area contributed by atoms with Gasteiger partial charge in [0.15, 0.2) is 11.5 Å². The van der Waals surface area contributed by atoms with Gasteiger partial charge in [-0.25, -0.2) is 4.79 Å². The normalized spacial score (nSPS) is 13.3. The fourth-order valence-electron chi connectivity index (χ4n) is 2.61. The first-order valence-corrected chi connectivity index (χ1v) is 7.19. The number of amides is 2. The highest BCUT2D eigenvalue weighted by molar-refractivity contribution is 5.92. The Bertz CT molecular complexity index is 745. The molecule has 2 aromatic rings. The SMILES string of the molecule is COc1cccc(CN2Cc3cc(OC)c(O)cc3NC2=O)c1. The number of carbonyl (C=O) groups excluding carboxylic acids is 1. The number of hydrogen-bond acceptors (Lipinski definition) is 4. The van der Waals surface area contributed by atoms with Gasteiger partial charge < -0.3 is 24.8 Å².